The third-order valence-electron chi connectivity index (χ3n) is 4.74. The minimum Gasteiger partial charge on any atom is -0.379 e. The molecule has 0 radical (unpaired) electrons. The molecule has 9 nitrogen and oxygen atoms in total. The van der Waals surface area contributed by atoms with E-state index in [-0.39, 0.29) is 11.7 Å². The van der Waals surface area contributed by atoms with Gasteiger partial charge in [0.25, 0.3) is 0 Å². The van der Waals surface area contributed by atoms with Gasteiger partial charge < -0.3 is 37.9 Å². The molecular formula is C26H52O9. The summed E-state index contributed by atoms with van der Waals surface area (Å²) in [6.45, 7) is 19.1. The maximum absolute atomic E-state index is 11.4. The number of ketones is 1. The van der Waals surface area contributed by atoms with Crippen molar-refractivity contribution >= 4 is 5.78 Å². The molecule has 9 heteroatoms. The molecule has 0 aliphatic rings. The van der Waals surface area contributed by atoms with Crippen LogP contribution in [-0.2, 0) is 42.7 Å². The molecule has 0 bridgehead atoms. The number of carbonyl (C=O) groups is 1. The van der Waals surface area contributed by atoms with E-state index in [0.29, 0.717) is 111 Å². The highest BCUT2D eigenvalue weighted by Crippen LogP contribution is 2.17. The van der Waals surface area contributed by atoms with Crippen LogP contribution in [0.3, 0.4) is 0 Å². The zero-order valence-corrected chi connectivity index (χ0v) is 23.0. The van der Waals surface area contributed by atoms with Crippen LogP contribution in [0.2, 0.25) is 0 Å². The third kappa shape index (κ3) is 29.5. The monoisotopic (exact) mass is 508 g/mol. The van der Waals surface area contributed by atoms with Gasteiger partial charge in [0, 0.05) is 18.9 Å². The third-order valence-corrected chi connectivity index (χ3v) is 4.74. The summed E-state index contributed by atoms with van der Waals surface area (Å²) in [6, 6.07) is 0. The Labute approximate surface area is 213 Å². The number of Topliss-reactive ketones (excluding diaryl/α,β-unsaturated/α-hetero) is 1. The molecule has 0 aliphatic carbocycles. The van der Waals surface area contributed by atoms with Gasteiger partial charge in [-0.25, -0.2) is 0 Å². The van der Waals surface area contributed by atoms with Crippen molar-refractivity contribution in [3.63, 3.8) is 0 Å². The molecule has 0 aliphatic heterocycles. The molecule has 0 aromatic heterocycles. The Bertz CT molecular complexity index is 453. The molecule has 0 atom stereocenters. The van der Waals surface area contributed by atoms with Gasteiger partial charge in [0.2, 0.25) is 0 Å². The highest BCUT2D eigenvalue weighted by atomic mass is 16.6. The SMILES string of the molecule is CC(C)C(=O)CCOCCOCCOCCOCCOCCOCCOCCOCCC(C)(C)C. The molecule has 0 spiro atoms. The lowest BCUT2D eigenvalue weighted by atomic mass is 9.93. The van der Waals surface area contributed by atoms with E-state index in [4.69, 9.17) is 37.9 Å². The lowest BCUT2D eigenvalue weighted by molar-refractivity contribution is -0.123. The van der Waals surface area contributed by atoms with Crippen molar-refractivity contribution in [2.75, 3.05) is 106 Å². The van der Waals surface area contributed by atoms with Crippen LogP contribution in [0, 0.1) is 11.3 Å². The average Bonchev–Trinajstić information content (AvgIpc) is 2.80. The summed E-state index contributed by atoms with van der Waals surface area (Å²) in [4.78, 5) is 11.4. The Morgan fingerprint density at radius 3 is 1.00 bits per heavy atom. The molecule has 0 saturated carbocycles. The molecule has 0 fully saturated rings. The first-order valence-electron chi connectivity index (χ1n) is 13.0. The molecular weight excluding hydrogens is 456 g/mol. The maximum atomic E-state index is 11.4. The Kier molecular flexibility index (Phi) is 24.6. The number of carbonyl (C=O) groups excluding carboxylic acids is 1. The van der Waals surface area contributed by atoms with Crippen LogP contribution < -0.4 is 0 Å². The quantitative estimate of drug-likeness (QED) is 0.155. The predicted molar refractivity (Wildman–Crippen MR) is 135 cm³/mol. The first-order valence-corrected chi connectivity index (χ1v) is 13.0. The Hall–Kier alpha value is -0.650. The van der Waals surface area contributed by atoms with Gasteiger partial charge in [0.15, 0.2) is 0 Å². The van der Waals surface area contributed by atoms with E-state index in [0.717, 1.165) is 13.0 Å². The fraction of sp³-hybridized carbons (Fsp3) is 0.962. The van der Waals surface area contributed by atoms with E-state index in [1.807, 2.05) is 13.8 Å². The van der Waals surface area contributed by atoms with E-state index in [2.05, 4.69) is 20.8 Å². The normalized spacial score (nSPS) is 12.1. The van der Waals surface area contributed by atoms with Crippen LogP contribution >= 0.6 is 0 Å². The predicted octanol–water partition coefficient (Wildman–Crippen LogP) is 3.17. The second-order valence-corrected chi connectivity index (χ2v) is 9.58. The molecule has 0 saturated heterocycles. The number of hydrogen-bond donors (Lipinski definition) is 0. The van der Waals surface area contributed by atoms with Gasteiger partial charge in [-0.15, -0.1) is 0 Å². The lowest BCUT2D eigenvalue weighted by Gasteiger charge is -2.17. The average molecular weight is 509 g/mol. The van der Waals surface area contributed by atoms with Gasteiger partial charge in [-0.05, 0) is 11.8 Å². The summed E-state index contributed by atoms with van der Waals surface area (Å²) in [5.74, 6) is 0.293. The molecule has 210 valence electrons. The zero-order valence-electron chi connectivity index (χ0n) is 23.0. The van der Waals surface area contributed by atoms with Crippen LogP contribution in [0.15, 0.2) is 0 Å². The van der Waals surface area contributed by atoms with Crippen LogP contribution in [0.5, 0.6) is 0 Å². The fourth-order valence-corrected chi connectivity index (χ4v) is 2.48. The number of rotatable bonds is 27. The molecule has 35 heavy (non-hydrogen) atoms. The smallest absolute Gasteiger partial charge is 0.137 e. The Balaban J connectivity index is 3.08. The van der Waals surface area contributed by atoms with Gasteiger partial charge in [0.1, 0.15) is 5.78 Å². The summed E-state index contributed by atoms with van der Waals surface area (Å²) in [6.07, 6.45) is 1.51. The second-order valence-electron chi connectivity index (χ2n) is 9.58. The van der Waals surface area contributed by atoms with E-state index >= 15 is 0 Å². The van der Waals surface area contributed by atoms with Crippen molar-refractivity contribution in [1.29, 1.82) is 0 Å². The van der Waals surface area contributed by atoms with Crippen molar-refractivity contribution in [3.8, 4) is 0 Å². The van der Waals surface area contributed by atoms with Crippen LogP contribution in [0.1, 0.15) is 47.5 Å². The van der Waals surface area contributed by atoms with Gasteiger partial charge in [0.05, 0.1) is 99.1 Å². The first kappa shape index (κ1) is 34.4. The Morgan fingerprint density at radius 2 is 0.743 bits per heavy atom. The second kappa shape index (κ2) is 25.0. The summed E-state index contributed by atoms with van der Waals surface area (Å²) < 4.78 is 43.6. The lowest BCUT2D eigenvalue weighted by Crippen LogP contribution is -2.15. The first-order chi connectivity index (χ1) is 16.8. The summed E-state index contributed by atoms with van der Waals surface area (Å²) >= 11 is 0. The fourth-order valence-electron chi connectivity index (χ4n) is 2.48. The molecule has 0 unspecified atom stereocenters. The number of hydrogen-bond acceptors (Lipinski definition) is 9. The highest BCUT2D eigenvalue weighted by Gasteiger charge is 2.09. The molecule has 0 amide bonds. The van der Waals surface area contributed by atoms with Gasteiger partial charge in [-0.1, -0.05) is 34.6 Å². The number of ether oxygens (including phenoxy) is 8. The van der Waals surface area contributed by atoms with E-state index < -0.39 is 0 Å². The van der Waals surface area contributed by atoms with E-state index in [1.54, 1.807) is 0 Å². The minimum atomic E-state index is 0.0683. The van der Waals surface area contributed by atoms with Crippen molar-refractivity contribution in [2.24, 2.45) is 11.3 Å². The maximum Gasteiger partial charge on any atom is 0.137 e. The zero-order chi connectivity index (χ0) is 26.0. The van der Waals surface area contributed by atoms with E-state index in [9.17, 15) is 4.79 Å². The standard InChI is InChI=1S/C26H52O9/c1-24(2)25(27)6-8-28-10-12-30-14-16-32-18-20-34-22-23-35-21-19-33-17-15-31-13-11-29-9-7-26(3,4)5/h24H,6-23H2,1-5H3. The van der Waals surface area contributed by atoms with E-state index in [1.165, 1.54) is 0 Å². The van der Waals surface area contributed by atoms with Crippen molar-refractivity contribution in [2.45, 2.75) is 47.5 Å². The molecule has 0 heterocycles. The summed E-state index contributed by atoms with van der Waals surface area (Å²) in [7, 11) is 0. The molecule has 0 N–H and O–H groups in total. The highest BCUT2D eigenvalue weighted by molar-refractivity contribution is 5.80. The topological polar surface area (TPSA) is 90.9 Å². The largest absolute Gasteiger partial charge is 0.379 e. The van der Waals surface area contributed by atoms with Crippen molar-refractivity contribution in [1.82, 2.24) is 0 Å². The molecule has 0 rings (SSSR count). The Morgan fingerprint density at radius 1 is 0.486 bits per heavy atom. The van der Waals surface area contributed by atoms with Gasteiger partial charge >= 0.3 is 0 Å². The van der Waals surface area contributed by atoms with Crippen molar-refractivity contribution in [3.05, 3.63) is 0 Å². The van der Waals surface area contributed by atoms with Crippen LogP contribution in [0.25, 0.3) is 0 Å². The van der Waals surface area contributed by atoms with Gasteiger partial charge in [-0.3, -0.25) is 4.79 Å². The molecule has 0 aromatic carbocycles. The minimum absolute atomic E-state index is 0.0683. The van der Waals surface area contributed by atoms with Crippen LogP contribution in [-0.4, -0.2) is 111 Å². The summed E-state index contributed by atoms with van der Waals surface area (Å²) in [5.41, 5.74) is 0.308. The summed E-state index contributed by atoms with van der Waals surface area (Å²) in [5, 5.41) is 0. The van der Waals surface area contributed by atoms with Gasteiger partial charge in [-0.2, -0.15) is 0 Å². The van der Waals surface area contributed by atoms with Crippen LogP contribution in [0.4, 0.5) is 0 Å². The van der Waals surface area contributed by atoms with Crippen molar-refractivity contribution < 1.29 is 42.7 Å². The molecule has 0 aromatic rings.